The summed E-state index contributed by atoms with van der Waals surface area (Å²) in [6.45, 7) is 7.86. The van der Waals surface area contributed by atoms with Gasteiger partial charge in [-0.05, 0) is 24.6 Å². The van der Waals surface area contributed by atoms with E-state index in [1.165, 1.54) is 11.3 Å². The van der Waals surface area contributed by atoms with Gasteiger partial charge in [0.1, 0.15) is 0 Å². The number of piperazine rings is 1. The van der Waals surface area contributed by atoms with Gasteiger partial charge in [-0.25, -0.2) is 0 Å². The summed E-state index contributed by atoms with van der Waals surface area (Å²) >= 11 is 0. The highest BCUT2D eigenvalue weighted by Gasteiger charge is 2.16. The molecule has 2 aromatic carbocycles. The first-order chi connectivity index (χ1) is 12.2. The van der Waals surface area contributed by atoms with Crippen molar-refractivity contribution in [2.24, 2.45) is 0 Å². The maximum Gasteiger partial charge on any atom is 0.224 e. The van der Waals surface area contributed by atoms with E-state index >= 15 is 0 Å². The van der Waals surface area contributed by atoms with E-state index in [-0.39, 0.29) is 5.91 Å². The molecule has 1 N–H and O–H groups in total. The van der Waals surface area contributed by atoms with Gasteiger partial charge in [0.2, 0.25) is 5.91 Å². The predicted molar refractivity (Wildman–Crippen MR) is 103 cm³/mol. The number of para-hydroxylation sites is 1. The third-order valence-electron chi connectivity index (χ3n) is 4.69. The number of aryl methyl sites for hydroxylation is 1. The zero-order chi connectivity index (χ0) is 17.5. The van der Waals surface area contributed by atoms with E-state index < -0.39 is 0 Å². The quantitative estimate of drug-likeness (QED) is 0.880. The summed E-state index contributed by atoms with van der Waals surface area (Å²) in [7, 11) is 0. The number of carbonyl (C=O) groups excluding carboxylic acids is 1. The Morgan fingerprint density at radius 2 is 1.76 bits per heavy atom. The number of benzene rings is 2. The largest absolute Gasteiger partial charge is 0.369 e. The zero-order valence-corrected chi connectivity index (χ0v) is 14.9. The van der Waals surface area contributed by atoms with Gasteiger partial charge in [0.15, 0.2) is 0 Å². The van der Waals surface area contributed by atoms with Crippen molar-refractivity contribution in [2.45, 2.75) is 13.3 Å². The molecule has 2 aromatic rings. The van der Waals surface area contributed by atoms with Crippen molar-refractivity contribution >= 4 is 11.6 Å². The maximum atomic E-state index is 12.1. The molecule has 1 fully saturated rings. The number of nitrogens with one attached hydrogen (secondary N) is 1. The lowest BCUT2D eigenvalue weighted by Crippen LogP contribution is -2.48. The molecule has 0 spiro atoms. The van der Waals surface area contributed by atoms with Gasteiger partial charge in [0, 0.05) is 45.0 Å². The van der Waals surface area contributed by atoms with Crippen LogP contribution in [0.15, 0.2) is 54.6 Å². The van der Waals surface area contributed by atoms with Crippen LogP contribution in [0.25, 0.3) is 0 Å². The van der Waals surface area contributed by atoms with Crippen LogP contribution in [0, 0.1) is 6.92 Å². The molecule has 0 aliphatic carbocycles. The number of amides is 1. The molecule has 0 saturated carbocycles. The summed E-state index contributed by atoms with van der Waals surface area (Å²) in [4.78, 5) is 16.9. The summed E-state index contributed by atoms with van der Waals surface area (Å²) in [5, 5.41) is 3.05. The average molecular weight is 337 g/mol. The Hall–Kier alpha value is -2.33. The second kappa shape index (κ2) is 8.67. The topological polar surface area (TPSA) is 35.6 Å². The Morgan fingerprint density at radius 1 is 1.00 bits per heavy atom. The van der Waals surface area contributed by atoms with Crippen LogP contribution in [0.3, 0.4) is 0 Å². The zero-order valence-electron chi connectivity index (χ0n) is 14.9. The molecule has 1 aliphatic heterocycles. The molecule has 0 unspecified atom stereocenters. The van der Waals surface area contributed by atoms with Gasteiger partial charge >= 0.3 is 0 Å². The highest BCUT2D eigenvalue weighted by molar-refractivity contribution is 5.78. The number of hydrogen-bond acceptors (Lipinski definition) is 3. The molecule has 0 atom stereocenters. The summed E-state index contributed by atoms with van der Waals surface area (Å²) in [5.74, 6) is 0.105. The van der Waals surface area contributed by atoms with Crippen molar-refractivity contribution in [3.05, 3.63) is 65.7 Å². The van der Waals surface area contributed by atoms with Gasteiger partial charge in [-0.2, -0.15) is 0 Å². The predicted octanol–water partition coefficient (Wildman–Crippen LogP) is 2.48. The lowest BCUT2D eigenvalue weighted by molar-refractivity contribution is -0.120. The Labute approximate surface area is 150 Å². The van der Waals surface area contributed by atoms with E-state index in [9.17, 15) is 4.79 Å². The van der Waals surface area contributed by atoms with Crippen molar-refractivity contribution in [3.8, 4) is 0 Å². The number of carbonyl (C=O) groups is 1. The third-order valence-corrected chi connectivity index (χ3v) is 4.69. The van der Waals surface area contributed by atoms with Crippen molar-refractivity contribution in [1.82, 2.24) is 10.2 Å². The molecular formula is C21H27N3O. The summed E-state index contributed by atoms with van der Waals surface area (Å²) in [6.07, 6.45) is 0.462. The fourth-order valence-electron chi connectivity index (χ4n) is 3.29. The number of hydrogen-bond donors (Lipinski definition) is 1. The highest BCUT2D eigenvalue weighted by Crippen LogP contribution is 2.15. The number of rotatable bonds is 6. The molecule has 1 aliphatic rings. The molecule has 0 bridgehead atoms. The molecule has 132 valence electrons. The Bertz CT molecular complexity index is 679. The van der Waals surface area contributed by atoms with Crippen molar-refractivity contribution < 1.29 is 4.79 Å². The van der Waals surface area contributed by atoms with E-state index in [4.69, 9.17) is 0 Å². The normalized spacial score (nSPS) is 15.2. The van der Waals surface area contributed by atoms with Crippen LogP contribution in [-0.4, -0.2) is 50.1 Å². The van der Waals surface area contributed by atoms with Crippen LogP contribution < -0.4 is 10.2 Å². The van der Waals surface area contributed by atoms with Crippen LogP contribution in [0.1, 0.15) is 11.1 Å². The molecule has 3 rings (SSSR count). The van der Waals surface area contributed by atoms with Crippen molar-refractivity contribution in [1.29, 1.82) is 0 Å². The lowest BCUT2D eigenvalue weighted by atomic mass is 10.1. The van der Waals surface area contributed by atoms with Gasteiger partial charge in [-0.15, -0.1) is 0 Å². The smallest absolute Gasteiger partial charge is 0.224 e. The second-order valence-electron chi connectivity index (χ2n) is 6.68. The Balaban J connectivity index is 1.35. The Morgan fingerprint density at radius 3 is 2.48 bits per heavy atom. The molecule has 1 amide bonds. The average Bonchev–Trinajstić information content (AvgIpc) is 2.63. The molecule has 4 nitrogen and oxygen atoms in total. The standard InChI is InChI=1S/C21H27N3O/c1-18-6-5-7-19(16-18)17-21(25)22-10-11-23-12-14-24(15-13-23)20-8-3-2-4-9-20/h2-9,16H,10-15,17H2,1H3,(H,22,25). The van der Waals surface area contributed by atoms with E-state index in [0.717, 1.165) is 44.8 Å². The van der Waals surface area contributed by atoms with Crippen molar-refractivity contribution in [2.75, 3.05) is 44.2 Å². The first-order valence-corrected chi connectivity index (χ1v) is 9.05. The first kappa shape index (κ1) is 17.5. The lowest BCUT2D eigenvalue weighted by Gasteiger charge is -2.36. The first-order valence-electron chi connectivity index (χ1n) is 9.05. The fraction of sp³-hybridized carbons (Fsp3) is 0.381. The maximum absolute atomic E-state index is 12.1. The molecular weight excluding hydrogens is 310 g/mol. The highest BCUT2D eigenvalue weighted by atomic mass is 16.1. The molecule has 4 heteroatoms. The minimum atomic E-state index is 0.105. The van der Waals surface area contributed by atoms with E-state index in [2.05, 4.69) is 64.5 Å². The SMILES string of the molecule is Cc1cccc(CC(=O)NCCN2CCN(c3ccccc3)CC2)c1. The van der Waals surface area contributed by atoms with Gasteiger partial charge in [0.05, 0.1) is 6.42 Å². The fourth-order valence-corrected chi connectivity index (χ4v) is 3.29. The van der Waals surface area contributed by atoms with Gasteiger partial charge in [-0.1, -0.05) is 48.0 Å². The molecule has 25 heavy (non-hydrogen) atoms. The van der Waals surface area contributed by atoms with Crippen LogP contribution in [0.4, 0.5) is 5.69 Å². The van der Waals surface area contributed by atoms with Gasteiger partial charge < -0.3 is 10.2 Å². The Kier molecular flexibility index (Phi) is 6.07. The van der Waals surface area contributed by atoms with Crippen LogP contribution in [-0.2, 0) is 11.2 Å². The van der Waals surface area contributed by atoms with E-state index in [1.807, 2.05) is 12.1 Å². The minimum absolute atomic E-state index is 0.105. The van der Waals surface area contributed by atoms with E-state index in [0.29, 0.717) is 6.42 Å². The summed E-state index contributed by atoms with van der Waals surface area (Å²) in [6, 6.07) is 18.7. The summed E-state index contributed by atoms with van der Waals surface area (Å²) in [5.41, 5.74) is 3.57. The number of nitrogens with zero attached hydrogens (tertiary/aromatic N) is 2. The molecule has 0 aromatic heterocycles. The van der Waals surface area contributed by atoms with Crippen LogP contribution in [0.5, 0.6) is 0 Å². The number of anilines is 1. The second-order valence-corrected chi connectivity index (χ2v) is 6.68. The molecule has 1 heterocycles. The minimum Gasteiger partial charge on any atom is -0.369 e. The molecule has 1 saturated heterocycles. The third kappa shape index (κ3) is 5.33. The monoisotopic (exact) mass is 337 g/mol. The van der Waals surface area contributed by atoms with Crippen LogP contribution in [0.2, 0.25) is 0 Å². The van der Waals surface area contributed by atoms with Gasteiger partial charge in [-0.3, -0.25) is 9.69 Å². The van der Waals surface area contributed by atoms with Gasteiger partial charge in [0.25, 0.3) is 0 Å². The summed E-state index contributed by atoms with van der Waals surface area (Å²) < 4.78 is 0. The van der Waals surface area contributed by atoms with Crippen molar-refractivity contribution in [3.63, 3.8) is 0 Å². The van der Waals surface area contributed by atoms with E-state index in [1.54, 1.807) is 0 Å². The molecule has 0 radical (unpaired) electrons. The van der Waals surface area contributed by atoms with Crippen LogP contribution >= 0.6 is 0 Å².